The molecule has 1 heterocycles. The molecule has 0 bridgehead atoms. The summed E-state index contributed by atoms with van der Waals surface area (Å²) < 4.78 is 0. The van der Waals surface area contributed by atoms with Gasteiger partial charge in [-0.2, -0.15) is 0 Å². The normalized spacial score (nSPS) is 21.2. The van der Waals surface area contributed by atoms with E-state index in [1.807, 2.05) is 11.3 Å². The standard InChI is InChI=1S/C14H21N3S/c15-13(16)8-14(5-6-14)10-17(11-3-4-11)9-12-2-1-7-18-12/h1-2,7,11H,3-6,8-10H2,(H3,15,16). The first-order valence-corrected chi connectivity index (χ1v) is 7.64. The fraction of sp³-hybridized carbons (Fsp3) is 0.643. The predicted molar refractivity (Wildman–Crippen MR) is 75.9 cm³/mol. The lowest BCUT2D eigenvalue weighted by atomic mass is 10.0. The Hall–Kier alpha value is -0.870. The Balaban J connectivity index is 1.62. The van der Waals surface area contributed by atoms with E-state index in [2.05, 4.69) is 22.4 Å². The second-order valence-corrected chi connectivity index (χ2v) is 6.95. The molecule has 1 aromatic rings. The fourth-order valence-electron chi connectivity index (χ4n) is 2.76. The summed E-state index contributed by atoms with van der Waals surface area (Å²) in [5, 5.41) is 9.67. The van der Waals surface area contributed by atoms with Gasteiger partial charge in [0, 0.05) is 30.4 Å². The van der Waals surface area contributed by atoms with E-state index in [4.69, 9.17) is 11.1 Å². The van der Waals surface area contributed by atoms with Crippen molar-refractivity contribution in [3.8, 4) is 0 Å². The van der Waals surface area contributed by atoms with Gasteiger partial charge in [-0.15, -0.1) is 11.3 Å². The largest absolute Gasteiger partial charge is 0.388 e. The predicted octanol–water partition coefficient (Wildman–Crippen LogP) is 2.82. The lowest BCUT2D eigenvalue weighted by Crippen LogP contribution is -2.33. The van der Waals surface area contributed by atoms with Crippen molar-refractivity contribution in [2.75, 3.05) is 6.54 Å². The van der Waals surface area contributed by atoms with Crippen LogP contribution in [0.1, 0.15) is 37.0 Å². The van der Waals surface area contributed by atoms with E-state index in [1.54, 1.807) is 0 Å². The first kappa shape index (κ1) is 12.2. The van der Waals surface area contributed by atoms with E-state index in [1.165, 1.54) is 30.6 Å². The molecule has 0 saturated heterocycles. The zero-order chi connectivity index (χ0) is 12.6. The maximum atomic E-state index is 7.51. The second kappa shape index (κ2) is 4.67. The maximum Gasteiger partial charge on any atom is 0.0911 e. The van der Waals surface area contributed by atoms with Gasteiger partial charge in [0.2, 0.25) is 0 Å². The molecular weight excluding hydrogens is 242 g/mol. The molecule has 2 aliphatic carbocycles. The van der Waals surface area contributed by atoms with Crippen molar-refractivity contribution in [3.05, 3.63) is 22.4 Å². The van der Waals surface area contributed by atoms with Gasteiger partial charge in [-0.25, -0.2) is 0 Å². The molecule has 0 unspecified atom stereocenters. The summed E-state index contributed by atoms with van der Waals surface area (Å²) in [4.78, 5) is 4.09. The molecule has 0 aliphatic heterocycles. The quantitative estimate of drug-likeness (QED) is 0.587. The molecule has 1 aromatic heterocycles. The molecule has 0 amide bonds. The number of hydrogen-bond acceptors (Lipinski definition) is 3. The highest BCUT2D eigenvalue weighted by Gasteiger charge is 2.46. The van der Waals surface area contributed by atoms with Crippen LogP contribution in [-0.4, -0.2) is 23.3 Å². The summed E-state index contributed by atoms with van der Waals surface area (Å²) in [6, 6.07) is 5.15. The molecule has 18 heavy (non-hydrogen) atoms. The SMILES string of the molecule is N=C(N)CC1(CN(Cc2cccs2)C2CC2)CC1. The van der Waals surface area contributed by atoms with Crippen molar-refractivity contribution in [1.29, 1.82) is 5.41 Å². The molecule has 0 aromatic carbocycles. The van der Waals surface area contributed by atoms with Crippen LogP contribution in [0.2, 0.25) is 0 Å². The molecule has 3 rings (SSSR count). The third kappa shape index (κ3) is 2.93. The number of nitrogens with two attached hydrogens (primary N) is 1. The zero-order valence-corrected chi connectivity index (χ0v) is 11.5. The Morgan fingerprint density at radius 1 is 1.50 bits per heavy atom. The van der Waals surface area contributed by atoms with Crippen LogP contribution in [0, 0.1) is 10.8 Å². The molecular formula is C14H21N3S. The summed E-state index contributed by atoms with van der Waals surface area (Å²) >= 11 is 1.85. The molecule has 3 nitrogen and oxygen atoms in total. The van der Waals surface area contributed by atoms with Gasteiger partial charge in [0.05, 0.1) is 5.84 Å². The number of amidine groups is 1. The van der Waals surface area contributed by atoms with Crippen LogP contribution < -0.4 is 5.73 Å². The fourth-order valence-corrected chi connectivity index (χ4v) is 3.49. The molecule has 0 radical (unpaired) electrons. The van der Waals surface area contributed by atoms with E-state index >= 15 is 0 Å². The van der Waals surface area contributed by atoms with E-state index in [9.17, 15) is 0 Å². The van der Waals surface area contributed by atoms with Gasteiger partial charge in [0.1, 0.15) is 0 Å². The highest BCUT2D eigenvalue weighted by atomic mass is 32.1. The third-order valence-corrected chi connectivity index (χ3v) is 4.92. The minimum atomic E-state index is 0.339. The lowest BCUT2D eigenvalue weighted by Gasteiger charge is -2.27. The van der Waals surface area contributed by atoms with Gasteiger partial charge in [-0.3, -0.25) is 10.3 Å². The first-order chi connectivity index (χ1) is 8.67. The van der Waals surface area contributed by atoms with Crippen molar-refractivity contribution in [3.63, 3.8) is 0 Å². The Labute approximate surface area is 112 Å². The van der Waals surface area contributed by atoms with Gasteiger partial charge in [0.15, 0.2) is 0 Å². The van der Waals surface area contributed by atoms with Gasteiger partial charge < -0.3 is 5.73 Å². The van der Waals surface area contributed by atoms with Crippen LogP contribution in [-0.2, 0) is 6.54 Å². The highest BCUT2D eigenvalue weighted by molar-refractivity contribution is 7.09. The molecule has 0 spiro atoms. The van der Waals surface area contributed by atoms with E-state index in [0.29, 0.717) is 11.3 Å². The smallest absolute Gasteiger partial charge is 0.0911 e. The monoisotopic (exact) mass is 263 g/mol. The summed E-state index contributed by atoms with van der Waals surface area (Å²) in [5.41, 5.74) is 5.93. The van der Waals surface area contributed by atoms with Crippen LogP contribution in [0.5, 0.6) is 0 Å². The number of nitrogens with zero attached hydrogens (tertiary/aromatic N) is 1. The lowest BCUT2D eigenvalue weighted by molar-refractivity contribution is 0.206. The third-order valence-electron chi connectivity index (χ3n) is 4.06. The Bertz CT molecular complexity index is 418. The Kier molecular flexibility index (Phi) is 3.16. The number of thiophene rings is 1. The summed E-state index contributed by atoms with van der Waals surface area (Å²) in [6.07, 6.45) is 5.99. The zero-order valence-electron chi connectivity index (χ0n) is 10.7. The first-order valence-electron chi connectivity index (χ1n) is 6.76. The van der Waals surface area contributed by atoms with Gasteiger partial charge >= 0.3 is 0 Å². The molecule has 2 saturated carbocycles. The average molecular weight is 263 g/mol. The molecule has 0 atom stereocenters. The Morgan fingerprint density at radius 2 is 2.28 bits per heavy atom. The Morgan fingerprint density at radius 3 is 2.78 bits per heavy atom. The van der Waals surface area contributed by atoms with Crippen LogP contribution >= 0.6 is 11.3 Å². The van der Waals surface area contributed by atoms with Crippen LogP contribution in [0.15, 0.2) is 17.5 Å². The van der Waals surface area contributed by atoms with Crippen molar-refractivity contribution in [2.45, 2.75) is 44.7 Å². The van der Waals surface area contributed by atoms with E-state index in [0.717, 1.165) is 25.6 Å². The number of nitrogens with one attached hydrogen (secondary N) is 1. The van der Waals surface area contributed by atoms with Crippen molar-refractivity contribution in [1.82, 2.24) is 4.90 Å². The maximum absolute atomic E-state index is 7.51. The van der Waals surface area contributed by atoms with Crippen molar-refractivity contribution < 1.29 is 0 Å². The topological polar surface area (TPSA) is 53.1 Å². The van der Waals surface area contributed by atoms with E-state index in [-0.39, 0.29) is 0 Å². The second-order valence-electron chi connectivity index (χ2n) is 5.92. The average Bonchev–Trinajstić information content (AvgIpc) is 3.21. The number of hydrogen-bond donors (Lipinski definition) is 2. The van der Waals surface area contributed by atoms with Crippen LogP contribution in [0.3, 0.4) is 0 Å². The van der Waals surface area contributed by atoms with Crippen LogP contribution in [0.4, 0.5) is 0 Å². The molecule has 4 heteroatoms. The highest BCUT2D eigenvalue weighted by Crippen LogP contribution is 2.50. The van der Waals surface area contributed by atoms with E-state index < -0.39 is 0 Å². The minimum Gasteiger partial charge on any atom is -0.388 e. The molecule has 2 aliphatic rings. The van der Waals surface area contributed by atoms with Crippen molar-refractivity contribution >= 4 is 17.2 Å². The molecule has 98 valence electrons. The van der Waals surface area contributed by atoms with Crippen LogP contribution in [0.25, 0.3) is 0 Å². The number of rotatable bonds is 7. The van der Waals surface area contributed by atoms with Crippen molar-refractivity contribution in [2.24, 2.45) is 11.1 Å². The minimum absolute atomic E-state index is 0.339. The molecule has 3 N–H and O–H groups in total. The van der Waals surface area contributed by atoms with Gasteiger partial charge in [0.25, 0.3) is 0 Å². The van der Waals surface area contributed by atoms with Gasteiger partial charge in [-0.05, 0) is 42.5 Å². The summed E-state index contributed by atoms with van der Waals surface area (Å²) in [5.74, 6) is 0.361. The summed E-state index contributed by atoms with van der Waals surface area (Å²) in [6.45, 7) is 2.22. The summed E-state index contributed by atoms with van der Waals surface area (Å²) in [7, 11) is 0. The van der Waals surface area contributed by atoms with Gasteiger partial charge in [-0.1, -0.05) is 6.07 Å². The molecule has 2 fully saturated rings.